The molecule has 6 heteroatoms. The van der Waals surface area contributed by atoms with Crippen LogP contribution in [-0.4, -0.2) is 28.5 Å². The first kappa shape index (κ1) is 14.3. The van der Waals surface area contributed by atoms with Gasteiger partial charge in [-0.1, -0.05) is 17.3 Å². The number of aryl methyl sites for hydroxylation is 1. The molecule has 1 aromatic carbocycles. The molecule has 21 heavy (non-hydrogen) atoms. The van der Waals surface area contributed by atoms with Crippen molar-refractivity contribution >= 4 is 12.6 Å². The molecule has 0 bridgehead atoms. The summed E-state index contributed by atoms with van der Waals surface area (Å²) in [6, 6.07) is 7.81. The van der Waals surface area contributed by atoms with Crippen molar-refractivity contribution in [3.63, 3.8) is 0 Å². The van der Waals surface area contributed by atoms with Gasteiger partial charge in [0.1, 0.15) is 0 Å². The third-order valence-electron chi connectivity index (χ3n) is 4.21. The molecule has 2 heterocycles. The highest BCUT2D eigenvalue weighted by Gasteiger charge is 2.51. The monoisotopic (exact) mass is 286 g/mol. The summed E-state index contributed by atoms with van der Waals surface area (Å²) in [4.78, 5) is 4.21. The van der Waals surface area contributed by atoms with Crippen molar-refractivity contribution in [2.45, 2.75) is 45.8 Å². The van der Waals surface area contributed by atoms with E-state index in [4.69, 9.17) is 13.8 Å². The first-order valence-corrected chi connectivity index (χ1v) is 7.05. The Morgan fingerprint density at radius 1 is 0.952 bits per heavy atom. The van der Waals surface area contributed by atoms with E-state index >= 15 is 0 Å². The molecule has 1 aliphatic rings. The van der Waals surface area contributed by atoms with Crippen molar-refractivity contribution in [1.82, 2.24) is 10.1 Å². The fourth-order valence-corrected chi connectivity index (χ4v) is 2.18. The number of hydrogen-bond donors (Lipinski definition) is 0. The minimum absolute atomic E-state index is 0.333. The van der Waals surface area contributed by atoms with Crippen LogP contribution in [0.25, 0.3) is 11.5 Å². The molecule has 3 rings (SSSR count). The van der Waals surface area contributed by atoms with Crippen LogP contribution in [0.1, 0.15) is 33.5 Å². The van der Waals surface area contributed by atoms with E-state index in [0.29, 0.717) is 11.7 Å². The van der Waals surface area contributed by atoms with Crippen molar-refractivity contribution in [2.75, 3.05) is 0 Å². The van der Waals surface area contributed by atoms with E-state index in [2.05, 4.69) is 10.1 Å². The molecular weight excluding hydrogens is 267 g/mol. The zero-order valence-corrected chi connectivity index (χ0v) is 13.0. The van der Waals surface area contributed by atoms with Crippen molar-refractivity contribution in [3.05, 3.63) is 30.1 Å². The van der Waals surface area contributed by atoms with Crippen LogP contribution in [0.5, 0.6) is 0 Å². The van der Waals surface area contributed by atoms with Crippen LogP contribution in [0.3, 0.4) is 0 Å². The summed E-state index contributed by atoms with van der Waals surface area (Å²) in [7, 11) is -0.353. The van der Waals surface area contributed by atoms with Gasteiger partial charge in [-0.05, 0) is 52.2 Å². The van der Waals surface area contributed by atoms with Crippen molar-refractivity contribution in [2.24, 2.45) is 0 Å². The molecule has 110 valence electrons. The average molecular weight is 286 g/mol. The summed E-state index contributed by atoms with van der Waals surface area (Å²) in [5.41, 5.74) is 1.20. The van der Waals surface area contributed by atoms with Crippen LogP contribution in [0, 0.1) is 6.92 Å². The third-order valence-corrected chi connectivity index (χ3v) is 4.21. The number of aromatic nitrogens is 2. The van der Waals surface area contributed by atoms with E-state index in [1.165, 1.54) is 0 Å². The zero-order chi connectivity index (χ0) is 15.3. The van der Waals surface area contributed by atoms with Gasteiger partial charge in [-0.2, -0.15) is 4.98 Å². The summed E-state index contributed by atoms with van der Waals surface area (Å²) in [5.74, 6) is 1.15. The minimum Gasteiger partial charge on any atom is -0.399 e. The smallest absolute Gasteiger partial charge is 0.399 e. The summed E-state index contributed by atoms with van der Waals surface area (Å²) in [6.45, 7) is 9.97. The van der Waals surface area contributed by atoms with Crippen LogP contribution in [0.15, 0.2) is 28.8 Å². The maximum atomic E-state index is 6.03. The van der Waals surface area contributed by atoms with Crippen LogP contribution in [0.4, 0.5) is 0 Å². The van der Waals surface area contributed by atoms with Crippen LogP contribution in [-0.2, 0) is 9.31 Å². The van der Waals surface area contributed by atoms with Gasteiger partial charge in [0.25, 0.3) is 5.89 Å². The fourth-order valence-electron chi connectivity index (χ4n) is 2.18. The van der Waals surface area contributed by atoms with Crippen LogP contribution >= 0.6 is 0 Å². The molecule has 0 radical (unpaired) electrons. The Labute approximate surface area is 124 Å². The summed E-state index contributed by atoms with van der Waals surface area (Å²) in [6.07, 6.45) is 0. The van der Waals surface area contributed by atoms with Crippen LogP contribution < -0.4 is 5.46 Å². The molecule has 0 aliphatic carbocycles. The number of rotatable bonds is 2. The largest absolute Gasteiger partial charge is 0.494 e. The first-order valence-electron chi connectivity index (χ1n) is 7.05. The molecule has 0 N–H and O–H groups in total. The summed E-state index contributed by atoms with van der Waals surface area (Å²) in [5, 5.41) is 3.80. The Bertz CT molecular complexity index is 633. The highest BCUT2D eigenvalue weighted by Crippen LogP contribution is 2.36. The Morgan fingerprint density at radius 2 is 1.52 bits per heavy atom. The maximum absolute atomic E-state index is 6.03. The summed E-state index contributed by atoms with van der Waals surface area (Å²) >= 11 is 0. The number of nitrogens with zero attached hydrogens (tertiary/aromatic N) is 2. The highest BCUT2D eigenvalue weighted by atomic mass is 16.7. The molecule has 1 aromatic heterocycles. The Kier molecular flexibility index (Phi) is 3.18. The third kappa shape index (κ3) is 2.49. The second-order valence-corrected chi connectivity index (χ2v) is 6.36. The van der Waals surface area contributed by atoms with Crippen LogP contribution in [0.2, 0.25) is 0 Å². The van der Waals surface area contributed by atoms with Crippen molar-refractivity contribution in [3.8, 4) is 11.5 Å². The highest BCUT2D eigenvalue weighted by molar-refractivity contribution is 6.62. The number of benzene rings is 1. The quantitative estimate of drug-likeness (QED) is 0.793. The topological polar surface area (TPSA) is 57.4 Å². The van der Waals surface area contributed by atoms with E-state index in [9.17, 15) is 0 Å². The predicted molar refractivity (Wildman–Crippen MR) is 80.2 cm³/mol. The van der Waals surface area contributed by atoms with Gasteiger partial charge in [-0.15, -0.1) is 0 Å². The molecule has 5 nitrogen and oxygen atoms in total. The Hall–Kier alpha value is -1.66. The first-order chi connectivity index (χ1) is 9.78. The zero-order valence-electron chi connectivity index (χ0n) is 13.0. The van der Waals surface area contributed by atoms with Gasteiger partial charge in [0.2, 0.25) is 0 Å². The van der Waals surface area contributed by atoms with Gasteiger partial charge in [-0.25, -0.2) is 0 Å². The number of hydrogen-bond acceptors (Lipinski definition) is 5. The Balaban J connectivity index is 1.83. The second kappa shape index (κ2) is 4.68. The Morgan fingerprint density at radius 3 is 2.00 bits per heavy atom. The minimum atomic E-state index is -0.353. The van der Waals surface area contributed by atoms with E-state index in [0.717, 1.165) is 11.0 Å². The van der Waals surface area contributed by atoms with Gasteiger partial charge >= 0.3 is 7.12 Å². The van der Waals surface area contributed by atoms with E-state index < -0.39 is 0 Å². The van der Waals surface area contributed by atoms with Crippen molar-refractivity contribution < 1.29 is 13.8 Å². The van der Waals surface area contributed by atoms with Gasteiger partial charge in [0.15, 0.2) is 5.82 Å². The van der Waals surface area contributed by atoms with Gasteiger partial charge in [0, 0.05) is 5.56 Å². The normalized spacial score (nSPS) is 20.0. The molecular formula is C15H19BN2O3. The molecule has 0 atom stereocenters. The predicted octanol–water partition coefficient (Wildman–Crippen LogP) is 2.34. The lowest BCUT2D eigenvalue weighted by Gasteiger charge is -2.32. The SMILES string of the molecule is Cc1noc(-c2ccc(B3OC(C)(C)C(C)(C)O3)cc2)n1. The lowest BCUT2D eigenvalue weighted by atomic mass is 9.79. The molecule has 1 saturated heterocycles. The van der Waals surface area contributed by atoms with Gasteiger partial charge in [0.05, 0.1) is 11.2 Å². The van der Waals surface area contributed by atoms with E-state index in [-0.39, 0.29) is 18.3 Å². The molecule has 0 unspecified atom stereocenters. The molecule has 0 amide bonds. The molecule has 1 fully saturated rings. The van der Waals surface area contributed by atoms with Gasteiger partial charge < -0.3 is 13.8 Å². The van der Waals surface area contributed by atoms with E-state index in [1.807, 2.05) is 52.0 Å². The molecule has 1 aliphatic heterocycles. The fraction of sp³-hybridized carbons (Fsp3) is 0.467. The second-order valence-electron chi connectivity index (χ2n) is 6.36. The standard InChI is InChI=1S/C15H19BN2O3/c1-10-17-13(19-18-10)11-6-8-12(9-7-11)16-20-14(2,3)15(4,5)21-16/h6-9H,1-5H3. The van der Waals surface area contributed by atoms with Gasteiger partial charge in [-0.3, -0.25) is 0 Å². The lowest BCUT2D eigenvalue weighted by molar-refractivity contribution is 0.00578. The summed E-state index contributed by atoms with van der Waals surface area (Å²) < 4.78 is 17.2. The maximum Gasteiger partial charge on any atom is 0.494 e. The average Bonchev–Trinajstić information content (AvgIpc) is 2.92. The van der Waals surface area contributed by atoms with Crippen molar-refractivity contribution in [1.29, 1.82) is 0 Å². The molecule has 0 spiro atoms. The molecule has 0 saturated carbocycles. The molecule has 2 aromatic rings. The lowest BCUT2D eigenvalue weighted by Crippen LogP contribution is -2.41. The van der Waals surface area contributed by atoms with E-state index in [1.54, 1.807) is 6.92 Å².